The van der Waals surface area contributed by atoms with Crippen molar-refractivity contribution in [1.29, 1.82) is 0 Å². The summed E-state index contributed by atoms with van der Waals surface area (Å²) in [5.41, 5.74) is 4.60. The number of furan rings is 1. The second kappa shape index (κ2) is 7.16. The van der Waals surface area contributed by atoms with Gasteiger partial charge in [-0.1, -0.05) is 24.3 Å². The lowest BCUT2D eigenvalue weighted by Gasteiger charge is -2.40. The van der Waals surface area contributed by atoms with Crippen molar-refractivity contribution in [3.63, 3.8) is 0 Å². The van der Waals surface area contributed by atoms with Gasteiger partial charge >= 0.3 is 0 Å². The fourth-order valence-corrected chi connectivity index (χ4v) is 4.56. The van der Waals surface area contributed by atoms with Crippen LogP contribution < -0.4 is 9.80 Å². The molecule has 0 N–H and O–H groups in total. The molecule has 0 saturated carbocycles. The first-order valence-electron chi connectivity index (χ1n) is 10.3. The van der Waals surface area contributed by atoms with Crippen molar-refractivity contribution < 1.29 is 14.0 Å². The first kappa shape index (κ1) is 19.2. The maximum absolute atomic E-state index is 13.2. The van der Waals surface area contributed by atoms with Crippen LogP contribution in [-0.4, -0.2) is 29.0 Å². The Kier molecular flexibility index (Phi) is 4.43. The predicted octanol–water partition coefficient (Wildman–Crippen LogP) is 4.84. The van der Waals surface area contributed by atoms with Gasteiger partial charge in [0, 0.05) is 42.7 Å². The van der Waals surface area contributed by atoms with E-state index in [4.69, 9.17) is 4.42 Å². The van der Waals surface area contributed by atoms with Crippen molar-refractivity contribution in [3.05, 3.63) is 72.7 Å². The number of hydrogen-bond acceptors (Lipinski definition) is 3. The van der Waals surface area contributed by atoms with Gasteiger partial charge in [0.2, 0.25) is 5.91 Å². The average Bonchev–Trinajstić information content (AvgIpc) is 3.41. The Bertz CT molecular complexity index is 1300. The van der Waals surface area contributed by atoms with Gasteiger partial charge < -0.3 is 18.8 Å². The van der Waals surface area contributed by atoms with Crippen LogP contribution in [0.3, 0.4) is 0 Å². The summed E-state index contributed by atoms with van der Waals surface area (Å²) in [4.78, 5) is 29.1. The molecule has 31 heavy (non-hydrogen) atoms. The van der Waals surface area contributed by atoms with E-state index < -0.39 is 0 Å². The quantitative estimate of drug-likeness (QED) is 0.472. The highest BCUT2D eigenvalue weighted by molar-refractivity contribution is 6.10. The van der Waals surface area contributed by atoms with E-state index in [-0.39, 0.29) is 23.6 Å². The molecule has 0 bridgehead atoms. The van der Waals surface area contributed by atoms with E-state index in [0.29, 0.717) is 12.2 Å². The van der Waals surface area contributed by atoms with E-state index in [0.717, 1.165) is 27.8 Å². The number of aryl methyl sites for hydroxylation is 1. The van der Waals surface area contributed by atoms with Gasteiger partial charge in [0.1, 0.15) is 0 Å². The van der Waals surface area contributed by atoms with Crippen LogP contribution in [-0.2, 0) is 11.8 Å². The molecule has 0 saturated heterocycles. The molecule has 0 aliphatic carbocycles. The minimum absolute atomic E-state index is 0.0452. The maximum Gasteiger partial charge on any atom is 0.294 e. The van der Waals surface area contributed by atoms with Crippen LogP contribution in [0.4, 0.5) is 11.4 Å². The SMILES string of the molecule is CC(=O)N1c2ccc(-c3cc4ccccc4n3C)cc2N(C(=O)c2ccco2)C[C@@H]1C. The summed E-state index contributed by atoms with van der Waals surface area (Å²) in [6, 6.07) is 19.5. The van der Waals surface area contributed by atoms with Crippen LogP contribution in [0.5, 0.6) is 0 Å². The molecule has 0 radical (unpaired) electrons. The second-order valence-corrected chi connectivity index (χ2v) is 7.98. The molecule has 1 aliphatic heterocycles. The van der Waals surface area contributed by atoms with Gasteiger partial charge in [-0.3, -0.25) is 9.59 Å². The van der Waals surface area contributed by atoms with Crippen LogP contribution in [0, 0.1) is 0 Å². The Morgan fingerprint density at radius 1 is 1.00 bits per heavy atom. The molecule has 1 atom stereocenters. The lowest BCUT2D eigenvalue weighted by atomic mass is 10.0. The number of rotatable bonds is 2. The van der Waals surface area contributed by atoms with Gasteiger partial charge in [-0.05, 0) is 43.3 Å². The van der Waals surface area contributed by atoms with Gasteiger partial charge in [-0.25, -0.2) is 0 Å². The van der Waals surface area contributed by atoms with Crippen molar-refractivity contribution in [1.82, 2.24) is 4.57 Å². The van der Waals surface area contributed by atoms with Crippen LogP contribution >= 0.6 is 0 Å². The van der Waals surface area contributed by atoms with Gasteiger partial charge in [0.15, 0.2) is 5.76 Å². The highest BCUT2D eigenvalue weighted by Gasteiger charge is 2.35. The monoisotopic (exact) mass is 413 g/mol. The molecule has 0 spiro atoms. The largest absolute Gasteiger partial charge is 0.459 e. The van der Waals surface area contributed by atoms with E-state index in [2.05, 4.69) is 22.8 Å². The lowest BCUT2D eigenvalue weighted by Crippen LogP contribution is -2.51. The van der Waals surface area contributed by atoms with Crippen LogP contribution in [0.2, 0.25) is 0 Å². The van der Waals surface area contributed by atoms with E-state index in [9.17, 15) is 9.59 Å². The molecule has 6 heteroatoms. The number of benzene rings is 2. The number of nitrogens with zero attached hydrogens (tertiary/aromatic N) is 3. The molecule has 6 nitrogen and oxygen atoms in total. The zero-order valence-electron chi connectivity index (χ0n) is 17.7. The fourth-order valence-electron chi connectivity index (χ4n) is 4.56. The van der Waals surface area contributed by atoms with E-state index in [1.165, 1.54) is 6.26 Å². The van der Waals surface area contributed by atoms with Crippen molar-refractivity contribution in [3.8, 4) is 11.3 Å². The van der Waals surface area contributed by atoms with E-state index >= 15 is 0 Å². The van der Waals surface area contributed by atoms with Crippen molar-refractivity contribution in [2.45, 2.75) is 19.9 Å². The molecule has 3 heterocycles. The molecular formula is C25H23N3O3. The third-order valence-corrected chi connectivity index (χ3v) is 5.98. The summed E-state index contributed by atoms with van der Waals surface area (Å²) in [5, 5.41) is 1.15. The van der Waals surface area contributed by atoms with Crippen molar-refractivity contribution >= 4 is 34.1 Å². The summed E-state index contributed by atoms with van der Waals surface area (Å²) < 4.78 is 7.51. The smallest absolute Gasteiger partial charge is 0.294 e. The summed E-state index contributed by atoms with van der Waals surface area (Å²) >= 11 is 0. The van der Waals surface area contributed by atoms with Gasteiger partial charge in [0.05, 0.1) is 23.7 Å². The summed E-state index contributed by atoms with van der Waals surface area (Å²) in [7, 11) is 2.03. The highest BCUT2D eigenvalue weighted by atomic mass is 16.3. The molecular weight excluding hydrogens is 390 g/mol. The second-order valence-electron chi connectivity index (χ2n) is 7.98. The Morgan fingerprint density at radius 3 is 2.52 bits per heavy atom. The van der Waals surface area contributed by atoms with Gasteiger partial charge in [-0.2, -0.15) is 0 Å². The van der Waals surface area contributed by atoms with Crippen LogP contribution in [0.1, 0.15) is 24.4 Å². The van der Waals surface area contributed by atoms with Gasteiger partial charge in [-0.15, -0.1) is 0 Å². The number of aromatic nitrogens is 1. The fraction of sp³-hybridized carbons (Fsp3) is 0.200. The van der Waals surface area contributed by atoms with E-state index in [1.807, 2.05) is 44.3 Å². The van der Waals surface area contributed by atoms with Crippen molar-refractivity contribution in [2.75, 3.05) is 16.3 Å². The summed E-state index contributed by atoms with van der Waals surface area (Å²) in [6.45, 7) is 3.90. The number of para-hydroxylation sites is 1. The first-order chi connectivity index (χ1) is 15.0. The maximum atomic E-state index is 13.2. The third kappa shape index (κ3) is 3.03. The number of amides is 2. The molecule has 5 rings (SSSR count). The number of hydrogen-bond donors (Lipinski definition) is 0. The Morgan fingerprint density at radius 2 is 1.81 bits per heavy atom. The van der Waals surface area contributed by atoms with Crippen LogP contribution in [0.15, 0.2) is 71.3 Å². The molecule has 4 aromatic rings. The highest BCUT2D eigenvalue weighted by Crippen LogP contribution is 2.40. The van der Waals surface area contributed by atoms with Crippen LogP contribution in [0.25, 0.3) is 22.2 Å². The Balaban J connectivity index is 1.68. The van der Waals surface area contributed by atoms with Crippen molar-refractivity contribution in [2.24, 2.45) is 7.05 Å². The number of anilines is 2. The molecule has 2 aromatic carbocycles. The summed E-state index contributed by atoms with van der Waals surface area (Å²) in [6.07, 6.45) is 1.50. The lowest BCUT2D eigenvalue weighted by molar-refractivity contribution is -0.117. The molecule has 1 aliphatic rings. The first-order valence-corrected chi connectivity index (χ1v) is 10.3. The minimum Gasteiger partial charge on any atom is -0.459 e. The predicted molar refractivity (Wildman–Crippen MR) is 121 cm³/mol. The average molecular weight is 413 g/mol. The topological polar surface area (TPSA) is 58.7 Å². The molecule has 2 amide bonds. The Labute approximate surface area is 180 Å². The standard InChI is InChI=1S/C25H23N3O3/c1-16-15-27(25(30)24-9-6-12-31-24)23-14-19(10-11-21(23)28(16)17(2)29)22-13-18-7-4-5-8-20(18)26(22)3/h4-14,16H,15H2,1-3H3/t16-/m0/s1. The van der Waals surface area contributed by atoms with Gasteiger partial charge in [0.25, 0.3) is 5.91 Å². The Hall–Kier alpha value is -3.80. The zero-order chi connectivity index (χ0) is 21.7. The summed E-state index contributed by atoms with van der Waals surface area (Å²) in [5.74, 6) is 0.0242. The molecule has 2 aromatic heterocycles. The number of fused-ring (bicyclic) bond motifs is 2. The number of carbonyl (C=O) groups excluding carboxylic acids is 2. The molecule has 156 valence electrons. The minimum atomic E-state index is -0.213. The molecule has 0 fully saturated rings. The molecule has 0 unspecified atom stereocenters. The third-order valence-electron chi connectivity index (χ3n) is 5.98. The number of carbonyl (C=O) groups is 2. The zero-order valence-corrected chi connectivity index (χ0v) is 17.7. The van der Waals surface area contributed by atoms with E-state index in [1.54, 1.807) is 28.9 Å². The normalized spacial score (nSPS) is 15.9.